The Morgan fingerprint density at radius 1 is 1.12 bits per heavy atom. The topological polar surface area (TPSA) is 120 Å². The van der Waals surface area contributed by atoms with Crippen molar-refractivity contribution >= 4 is 18.0 Å². The minimum Gasteiger partial charge on any atom is -0.458 e. The molecule has 9 heteroatoms. The van der Waals surface area contributed by atoms with Gasteiger partial charge in [-0.15, -0.1) is 0 Å². The number of nitrogens with zero attached hydrogens (tertiary/aromatic N) is 1. The van der Waals surface area contributed by atoms with Crippen LogP contribution in [0.2, 0.25) is 0 Å². The number of nitrogens with two attached hydrogens (primary N) is 1. The fraction of sp³-hybridized carbons (Fsp3) is 0.625. The molecule has 1 aromatic rings. The molecule has 2 unspecified atom stereocenters. The van der Waals surface area contributed by atoms with Gasteiger partial charge in [-0.1, -0.05) is 26.0 Å². The maximum atomic E-state index is 12.8. The lowest BCUT2D eigenvalue weighted by Crippen LogP contribution is -2.51. The standard InChI is InChI=1S/C24H37N3O6/c1-16(2)14-19(25)21(28)26-20(22(29)33-24(3,4)5)15-17-6-8-18(9-7-17)32-23(30)27-10-12-31-13-11-27/h6-9,16,19-20H,10-15,25H2,1-5H3,(H,26,28). The lowest BCUT2D eigenvalue weighted by Gasteiger charge is -2.26. The molecule has 1 fully saturated rings. The molecule has 0 aliphatic carbocycles. The summed E-state index contributed by atoms with van der Waals surface area (Å²) in [6.07, 6.45) is 0.298. The highest BCUT2D eigenvalue weighted by molar-refractivity contribution is 5.87. The molecule has 3 N–H and O–H groups in total. The highest BCUT2D eigenvalue weighted by atomic mass is 16.6. The van der Waals surface area contributed by atoms with Gasteiger partial charge in [0, 0.05) is 19.5 Å². The Bertz CT molecular complexity index is 797. The van der Waals surface area contributed by atoms with Crippen molar-refractivity contribution in [3.05, 3.63) is 29.8 Å². The van der Waals surface area contributed by atoms with E-state index in [1.165, 1.54) is 0 Å². The number of hydrogen-bond acceptors (Lipinski definition) is 7. The lowest BCUT2D eigenvalue weighted by molar-refractivity contribution is -0.158. The van der Waals surface area contributed by atoms with Gasteiger partial charge in [0.25, 0.3) is 0 Å². The van der Waals surface area contributed by atoms with E-state index in [0.29, 0.717) is 38.5 Å². The molecule has 1 aliphatic rings. The summed E-state index contributed by atoms with van der Waals surface area (Å²) in [5.74, 6) is -0.281. The number of benzene rings is 1. The normalized spacial score (nSPS) is 16.2. The largest absolute Gasteiger partial charge is 0.458 e. The minimum atomic E-state index is -0.892. The second-order valence-electron chi connectivity index (χ2n) is 9.65. The molecule has 2 amide bonds. The van der Waals surface area contributed by atoms with Gasteiger partial charge >= 0.3 is 12.1 Å². The van der Waals surface area contributed by atoms with Crippen LogP contribution in [-0.4, -0.2) is 66.9 Å². The van der Waals surface area contributed by atoms with E-state index in [2.05, 4.69) is 5.32 Å². The molecular formula is C24H37N3O6. The van der Waals surface area contributed by atoms with Crippen molar-refractivity contribution in [2.45, 2.75) is 65.1 Å². The summed E-state index contributed by atoms with van der Waals surface area (Å²) in [6, 6.07) is 5.21. The van der Waals surface area contributed by atoms with Crippen molar-refractivity contribution in [1.82, 2.24) is 10.2 Å². The molecule has 1 aromatic carbocycles. The van der Waals surface area contributed by atoms with Gasteiger partial charge in [0.05, 0.1) is 19.3 Å². The Kier molecular flexibility index (Phi) is 9.67. The molecule has 2 atom stereocenters. The van der Waals surface area contributed by atoms with Gasteiger partial charge in [0.15, 0.2) is 0 Å². The maximum absolute atomic E-state index is 12.8. The first-order chi connectivity index (χ1) is 15.4. The van der Waals surface area contributed by atoms with E-state index >= 15 is 0 Å². The molecule has 184 valence electrons. The summed E-state index contributed by atoms with van der Waals surface area (Å²) in [7, 11) is 0. The average molecular weight is 464 g/mol. The van der Waals surface area contributed by atoms with E-state index in [9.17, 15) is 14.4 Å². The lowest BCUT2D eigenvalue weighted by atomic mass is 10.0. The Morgan fingerprint density at radius 2 is 1.73 bits per heavy atom. The van der Waals surface area contributed by atoms with E-state index in [1.807, 2.05) is 13.8 Å². The molecule has 1 saturated heterocycles. The van der Waals surface area contributed by atoms with Crippen molar-refractivity contribution in [1.29, 1.82) is 0 Å². The van der Waals surface area contributed by atoms with Gasteiger partial charge in [-0.05, 0) is 50.8 Å². The monoisotopic (exact) mass is 463 g/mol. The van der Waals surface area contributed by atoms with Crippen LogP contribution < -0.4 is 15.8 Å². The van der Waals surface area contributed by atoms with E-state index in [0.717, 1.165) is 5.56 Å². The van der Waals surface area contributed by atoms with E-state index in [-0.39, 0.29) is 12.3 Å². The van der Waals surface area contributed by atoms with Crippen LogP contribution in [0.15, 0.2) is 24.3 Å². The molecule has 0 spiro atoms. The molecule has 0 bridgehead atoms. The quantitative estimate of drug-likeness (QED) is 0.567. The predicted octanol–water partition coefficient (Wildman–Crippen LogP) is 2.26. The Balaban J connectivity index is 2.05. The van der Waals surface area contributed by atoms with Crippen molar-refractivity contribution in [2.75, 3.05) is 26.3 Å². The zero-order valence-electron chi connectivity index (χ0n) is 20.3. The third-order valence-corrected chi connectivity index (χ3v) is 4.91. The first kappa shape index (κ1) is 26.6. The fourth-order valence-corrected chi connectivity index (χ4v) is 3.30. The summed E-state index contributed by atoms with van der Waals surface area (Å²) in [5.41, 5.74) is 6.07. The second-order valence-corrected chi connectivity index (χ2v) is 9.65. The molecule has 9 nitrogen and oxygen atoms in total. The summed E-state index contributed by atoms with van der Waals surface area (Å²) in [4.78, 5) is 39.2. The Morgan fingerprint density at radius 3 is 2.27 bits per heavy atom. The zero-order valence-corrected chi connectivity index (χ0v) is 20.3. The molecule has 0 radical (unpaired) electrons. The van der Waals surface area contributed by atoms with Crippen LogP contribution in [-0.2, 0) is 25.5 Å². The van der Waals surface area contributed by atoms with E-state index in [1.54, 1.807) is 49.9 Å². The number of esters is 1. The number of rotatable bonds is 8. The third kappa shape index (κ3) is 9.39. The number of morpholine rings is 1. The summed E-state index contributed by atoms with van der Waals surface area (Å²) in [5, 5.41) is 2.74. The average Bonchev–Trinajstić information content (AvgIpc) is 2.73. The molecule has 0 aromatic heterocycles. The highest BCUT2D eigenvalue weighted by Crippen LogP contribution is 2.17. The molecule has 1 aliphatic heterocycles. The fourth-order valence-electron chi connectivity index (χ4n) is 3.30. The number of amides is 2. The molecule has 1 heterocycles. The van der Waals surface area contributed by atoms with Gasteiger partial charge in [0.2, 0.25) is 5.91 Å². The van der Waals surface area contributed by atoms with Crippen LogP contribution in [0.5, 0.6) is 5.75 Å². The number of hydrogen-bond donors (Lipinski definition) is 2. The molecular weight excluding hydrogens is 426 g/mol. The highest BCUT2D eigenvalue weighted by Gasteiger charge is 2.29. The zero-order chi connectivity index (χ0) is 24.6. The Labute approximate surface area is 195 Å². The summed E-state index contributed by atoms with van der Waals surface area (Å²) in [6.45, 7) is 11.2. The van der Waals surface area contributed by atoms with Crippen LogP contribution in [0.4, 0.5) is 4.79 Å². The van der Waals surface area contributed by atoms with Gasteiger partial charge < -0.3 is 30.2 Å². The second kappa shape index (κ2) is 12.0. The number of nitrogens with one attached hydrogen (secondary N) is 1. The first-order valence-corrected chi connectivity index (χ1v) is 11.4. The van der Waals surface area contributed by atoms with Crippen LogP contribution >= 0.6 is 0 Å². The van der Waals surface area contributed by atoms with E-state index in [4.69, 9.17) is 19.9 Å². The van der Waals surface area contributed by atoms with E-state index < -0.39 is 35.7 Å². The van der Waals surface area contributed by atoms with Crippen LogP contribution in [0.25, 0.3) is 0 Å². The number of carbonyl (C=O) groups is 3. The van der Waals surface area contributed by atoms with Crippen molar-refractivity contribution in [2.24, 2.45) is 11.7 Å². The van der Waals surface area contributed by atoms with Crippen LogP contribution in [0, 0.1) is 5.92 Å². The van der Waals surface area contributed by atoms with Crippen molar-refractivity contribution in [3.63, 3.8) is 0 Å². The smallest absolute Gasteiger partial charge is 0.415 e. The van der Waals surface area contributed by atoms with Crippen LogP contribution in [0.1, 0.15) is 46.6 Å². The molecule has 0 saturated carbocycles. The predicted molar refractivity (Wildman–Crippen MR) is 124 cm³/mol. The molecule has 2 rings (SSSR count). The van der Waals surface area contributed by atoms with Gasteiger partial charge in [0.1, 0.15) is 17.4 Å². The third-order valence-electron chi connectivity index (χ3n) is 4.91. The number of ether oxygens (including phenoxy) is 3. The van der Waals surface area contributed by atoms with Gasteiger partial charge in [-0.2, -0.15) is 0 Å². The Hall–Kier alpha value is -2.65. The first-order valence-electron chi connectivity index (χ1n) is 11.4. The van der Waals surface area contributed by atoms with Crippen molar-refractivity contribution in [3.8, 4) is 5.75 Å². The SMILES string of the molecule is CC(C)CC(N)C(=O)NC(Cc1ccc(OC(=O)N2CCOCC2)cc1)C(=O)OC(C)(C)C. The summed E-state index contributed by atoms with van der Waals surface area (Å²) >= 11 is 0. The number of carbonyl (C=O) groups excluding carboxylic acids is 3. The van der Waals surface area contributed by atoms with Gasteiger partial charge in [-0.3, -0.25) is 4.79 Å². The van der Waals surface area contributed by atoms with Crippen molar-refractivity contribution < 1.29 is 28.6 Å². The molecule has 33 heavy (non-hydrogen) atoms. The van der Waals surface area contributed by atoms with Gasteiger partial charge in [-0.25, -0.2) is 9.59 Å². The summed E-state index contributed by atoms with van der Waals surface area (Å²) < 4.78 is 16.1. The van der Waals surface area contributed by atoms with Crippen LogP contribution in [0.3, 0.4) is 0 Å². The maximum Gasteiger partial charge on any atom is 0.415 e. The minimum absolute atomic E-state index is 0.215.